The third-order valence-corrected chi connectivity index (χ3v) is 6.38. The van der Waals surface area contributed by atoms with Crippen LogP contribution in [0.25, 0.3) is 16.2 Å². The monoisotopic (exact) mass is 405 g/mol. The van der Waals surface area contributed by atoms with E-state index in [9.17, 15) is 17.2 Å². The molecule has 1 N–H and O–H groups in total. The van der Waals surface area contributed by atoms with Crippen LogP contribution >= 0.6 is 11.3 Å². The molecule has 0 aliphatic carbocycles. The van der Waals surface area contributed by atoms with E-state index in [2.05, 4.69) is 9.71 Å². The van der Waals surface area contributed by atoms with Gasteiger partial charge in [-0.15, -0.1) is 11.3 Å². The minimum atomic E-state index is -4.17. The molecule has 4 aromatic rings. The second kappa shape index (κ2) is 6.43. The number of hydrogen-bond donors (Lipinski definition) is 1. The van der Waals surface area contributed by atoms with Gasteiger partial charge < -0.3 is 0 Å². The Morgan fingerprint density at radius 1 is 1.11 bits per heavy atom. The molecule has 4 rings (SSSR count). The summed E-state index contributed by atoms with van der Waals surface area (Å²) in [6, 6.07) is 8.89. The normalized spacial score (nSPS) is 11.8. The van der Waals surface area contributed by atoms with E-state index in [1.165, 1.54) is 11.3 Å². The molecule has 0 unspecified atom stereocenters. The van der Waals surface area contributed by atoms with Crippen molar-refractivity contribution >= 4 is 32.0 Å². The molecule has 0 saturated heterocycles. The Bertz CT molecular complexity index is 1250. The number of benzene rings is 2. The zero-order chi connectivity index (χ0) is 19.2. The van der Waals surface area contributed by atoms with E-state index in [1.807, 2.05) is 22.9 Å². The number of sulfonamides is 1. The van der Waals surface area contributed by atoms with Gasteiger partial charge in [0.05, 0.1) is 5.69 Å². The summed E-state index contributed by atoms with van der Waals surface area (Å²) in [4.78, 5) is 4.79. The Labute approximate surface area is 158 Å². The molecule has 2 heterocycles. The maximum Gasteiger partial charge on any atom is 0.264 e. The first-order valence-corrected chi connectivity index (χ1v) is 10.2. The summed E-state index contributed by atoms with van der Waals surface area (Å²) in [6.07, 6.45) is 1.91. The van der Waals surface area contributed by atoms with Crippen LogP contribution in [-0.2, 0) is 10.0 Å². The summed E-state index contributed by atoms with van der Waals surface area (Å²) in [5.74, 6) is -1.99. The topological polar surface area (TPSA) is 63.5 Å². The van der Waals surface area contributed by atoms with E-state index in [4.69, 9.17) is 0 Å². The Kier molecular flexibility index (Phi) is 4.20. The average molecular weight is 405 g/mol. The highest BCUT2D eigenvalue weighted by Crippen LogP contribution is 2.26. The van der Waals surface area contributed by atoms with E-state index in [0.29, 0.717) is 6.07 Å². The van der Waals surface area contributed by atoms with Crippen LogP contribution in [-0.4, -0.2) is 17.8 Å². The third-order valence-electron chi connectivity index (χ3n) is 4.00. The first-order valence-electron chi connectivity index (χ1n) is 7.85. The number of rotatable bonds is 4. The molecule has 0 amide bonds. The number of thiazole rings is 1. The summed E-state index contributed by atoms with van der Waals surface area (Å²) in [6.45, 7) is 1.99. The molecule has 5 nitrogen and oxygen atoms in total. The number of anilines is 1. The lowest BCUT2D eigenvalue weighted by molar-refractivity contribution is 0.551. The van der Waals surface area contributed by atoms with E-state index in [-0.39, 0.29) is 5.69 Å². The molecule has 138 valence electrons. The molecule has 2 aromatic carbocycles. The van der Waals surface area contributed by atoms with Crippen molar-refractivity contribution in [2.45, 2.75) is 11.8 Å². The molecule has 0 spiro atoms. The van der Waals surface area contributed by atoms with Crippen LogP contribution in [0, 0.1) is 18.6 Å². The number of aromatic nitrogens is 2. The van der Waals surface area contributed by atoms with Crippen molar-refractivity contribution in [1.29, 1.82) is 0 Å². The fourth-order valence-electron chi connectivity index (χ4n) is 2.65. The zero-order valence-electron chi connectivity index (χ0n) is 14.0. The number of aryl methyl sites for hydroxylation is 1. The Hall–Kier alpha value is -2.78. The van der Waals surface area contributed by atoms with Crippen molar-refractivity contribution in [2.24, 2.45) is 0 Å². The van der Waals surface area contributed by atoms with Gasteiger partial charge in [0.25, 0.3) is 10.0 Å². The second-order valence-electron chi connectivity index (χ2n) is 5.91. The SMILES string of the molecule is Cc1csc2nc(-c3ccc(NS(=O)(=O)c4ccc(F)cc4F)cc3)cn12. The van der Waals surface area contributed by atoms with Crippen LogP contribution in [0.5, 0.6) is 0 Å². The Morgan fingerprint density at radius 2 is 1.85 bits per heavy atom. The van der Waals surface area contributed by atoms with Gasteiger partial charge in [-0.25, -0.2) is 22.2 Å². The predicted molar refractivity (Wildman–Crippen MR) is 100 cm³/mol. The van der Waals surface area contributed by atoms with E-state index in [1.54, 1.807) is 24.3 Å². The van der Waals surface area contributed by atoms with Gasteiger partial charge in [0.2, 0.25) is 0 Å². The highest BCUT2D eigenvalue weighted by Gasteiger charge is 2.19. The lowest BCUT2D eigenvalue weighted by Gasteiger charge is -2.09. The highest BCUT2D eigenvalue weighted by atomic mass is 32.2. The van der Waals surface area contributed by atoms with Crippen LogP contribution in [0.4, 0.5) is 14.5 Å². The maximum absolute atomic E-state index is 13.8. The molecule has 0 bridgehead atoms. The first-order chi connectivity index (χ1) is 12.8. The summed E-state index contributed by atoms with van der Waals surface area (Å²) < 4.78 is 55.7. The van der Waals surface area contributed by atoms with Crippen molar-refractivity contribution in [3.63, 3.8) is 0 Å². The molecular weight excluding hydrogens is 392 g/mol. The molecular formula is C18H13F2N3O2S2. The van der Waals surface area contributed by atoms with Gasteiger partial charge in [-0.2, -0.15) is 0 Å². The number of nitrogens with one attached hydrogen (secondary N) is 1. The van der Waals surface area contributed by atoms with Gasteiger partial charge in [-0.1, -0.05) is 12.1 Å². The summed E-state index contributed by atoms with van der Waals surface area (Å²) >= 11 is 1.54. The highest BCUT2D eigenvalue weighted by molar-refractivity contribution is 7.92. The van der Waals surface area contributed by atoms with Gasteiger partial charge in [-0.3, -0.25) is 9.12 Å². The fraction of sp³-hybridized carbons (Fsp3) is 0.0556. The molecule has 0 radical (unpaired) electrons. The van der Waals surface area contributed by atoms with Gasteiger partial charge in [0.15, 0.2) is 4.96 Å². The maximum atomic E-state index is 13.8. The standard InChI is InChI=1S/C18H13F2N3O2S2/c1-11-10-26-18-21-16(9-23(11)18)12-2-5-14(6-3-12)22-27(24,25)17-7-4-13(19)8-15(17)20/h2-10,22H,1H3. The molecule has 0 atom stereocenters. The number of halogens is 2. The third kappa shape index (κ3) is 3.31. The fourth-order valence-corrected chi connectivity index (χ4v) is 4.62. The van der Waals surface area contributed by atoms with Crippen molar-refractivity contribution in [3.05, 3.63) is 71.4 Å². The summed E-state index contributed by atoms with van der Waals surface area (Å²) in [7, 11) is -4.17. The van der Waals surface area contributed by atoms with Crippen molar-refractivity contribution in [1.82, 2.24) is 9.38 Å². The molecule has 9 heteroatoms. The molecule has 0 aliphatic heterocycles. The van der Waals surface area contributed by atoms with Crippen LogP contribution in [0.2, 0.25) is 0 Å². The average Bonchev–Trinajstić information content (AvgIpc) is 3.17. The smallest absolute Gasteiger partial charge is 0.264 e. The van der Waals surface area contributed by atoms with Crippen LogP contribution in [0.15, 0.2) is 58.9 Å². The van der Waals surface area contributed by atoms with E-state index in [0.717, 1.165) is 34.0 Å². The second-order valence-corrected chi connectivity index (χ2v) is 8.40. The molecule has 0 saturated carbocycles. The Balaban J connectivity index is 1.60. The Morgan fingerprint density at radius 3 is 2.52 bits per heavy atom. The summed E-state index contributed by atoms with van der Waals surface area (Å²) in [5.41, 5.74) is 2.93. The largest absolute Gasteiger partial charge is 0.294 e. The minimum Gasteiger partial charge on any atom is -0.294 e. The van der Waals surface area contributed by atoms with Crippen LogP contribution in [0.3, 0.4) is 0 Å². The molecule has 0 aliphatic rings. The molecule has 2 aromatic heterocycles. The van der Waals surface area contributed by atoms with Crippen molar-refractivity contribution < 1.29 is 17.2 Å². The number of nitrogens with zero attached hydrogens (tertiary/aromatic N) is 2. The summed E-state index contributed by atoms with van der Waals surface area (Å²) in [5, 5.41) is 2.01. The molecule has 0 fully saturated rings. The van der Waals surface area contributed by atoms with Crippen molar-refractivity contribution in [3.8, 4) is 11.3 Å². The number of fused-ring (bicyclic) bond motifs is 1. The van der Waals surface area contributed by atoms with Gasteiger partial charge >= 0.3 is 0 Å². The van der Waals surface area contributed by atoms with Crippen molar-refractivity contribution in [2.75, 3.05) is 4.72 Å². The van der Waals surface area contributed by atoms with Crippen LogP contribution < -0.4 is 4.72 Å². The lowest BCUT2D eigenvalue weighted by Crippen LogP contribution is -2.14. The molecule has 27 heavy (non-hydrogen) atoms. The number of imidazole rings is 1. The van der Waals surface area contributed by atoms with Gasteiger partial charge in [0.1, 0.15) is 16.5 Å². The van der Waals surface area contributed by atoms with E-state index < -0.39 is 26.6 Å². The quantitative estimate of drug-likeness (QED) is 0.546. The minimum absolute atomic E-state index is 0.264. The first kappa shape index (κ1) is 17.6. The number of hydrogen-bond acceptors (Lipinski definition) is 4. The lowest BCUT2D eigenvalue weighted by atomic mass is 10.1. The van der Waals surface area contributed by atoms with Crippen LogP contribution in [0.1, 0.15) is 5.69 Å². The zero-order valence-corrected chi connectivity index (χ0v) is 15.6. The van der Waals surface area contributed by atoms with E-state index >= 15 is 0 Å². The predicted octanol–water partition coefficient (Wildman–Crippen LogP) is 4.45. The van der Waals surface area contributed by atoms with Gasteiger partial charge in [0, 0.05) is 34.6 Å². The van der Waals surface area contributed by atoms with Gasteiger partial charge in [-0.05, 0) is 31.2 Å².